The molecule has 0 aromatic carbocycles. The van der Waals surface area contributed by atoms with Gasteiger partial charge in [0.2, 0.25) is 0 Å². The standard InChI is InChI=1S/C29H38N6O13P2/c1-28(2)45-20-17(43-26(22(20)47-28)34-9-5-6-15(10-34)25(31)36)11-41-49(37,38)14-50(39,40)42-12-18-21-23(48-29(3,4)46-21)27(44-18)35-13-33-19-16(35)7-8-32-24(19)30/h5-10,13,17-18,20-23,26-27H,11-12,14H2,1-4H3,(H5-,30,31,32,36,37,38,39,40)/t17-,18-,20-,21-,22-,23-,26-,27-/m1/s1. The molecule has 5 N–H and O–H groups in total. The molecule has 4 aliphatic heterocycles. The van der Waals surface area contributed by atoms with Crippen molar-refractivity contribution in [1.29, 1.82) is 0 Å². The van der Waals surface area contributed by atoms with Crippen LogP contribution in [0.4, 0.5) is 5.82 Å². The van der Waals surface area contributed by atoms with Crippen molar-refractivity contribution in [2.45, 2.75) is 88.3 Å². The molecular formula is C29H38N6O13P2. The van der Waals surface area contributed by atoms with E-state index in [2.05, 4.69) is 9.97 Å². The van der Waals surface area contributed by atoms with Crippen LogP contribution in [0.25, 0.3) is 11.0 Å². The lowest BCUT2D eigenvalue weighted by molar-refractivity contribution is -0.766. The molecule has 0 spiro atoms. The number of aromatic nitrogens is 4. The van der Waals surface area contributed by atoms with Crippen molar-refractivity contribution < 1.29 is 65.7 Å². The zero-order chi connectivity index (χ0) is 35.8. The normalized spacial score (nSPS) is 33.6. The van der Waals surface area contributed by atoms with Gasteiger partial charge in [-0.15, -0.1) is 0 Å². The number of hydrogen-bond acceptors (Lipinski definition) is 15. The van der Waals surface area contributed by atoms with Crippen LogP contribution >= 0.6 is 15.2 Å². The first kappa shape index (κ1) is 35.5. The van der Waals surface area contributed by atoms with Gasteiger partial charge in [-0.3, -0.25) is 9.36 Å². The van der Waals surface area contributed by atoms with E-state index in [4.69, 9.17) is 48.9 Å². The molecule has 272 valence electrons. The van der Waals surface area contributed by atoms with Crippen LogP contribution < -0.4 is 20.9 Å². The van der Waals surface area contributed by atoms with Gasteiger partial charge in [-0.05, 0) is 39.8 Å². The maximum atomic E-state index is 13.1. The SMILES string of the molecule is CC1(C)O[C@@H]2[C@H](O1)[C@@H](COP(=O)(O)CP(=O)([O-])OC[C@H]1O[C@@H]([n+]3cccc(C(N)=O)c3)[C@@H]3OC(C)(C)O[C@@H]31)O[C@H]2n1cnc2c(N)nccc21. The van der Waals surface area contributed by atoms with E-state index in [-0.39, 0.29) is 11.4 Å². The highest BCUT2D eigenvalue weighted by Crippen LogP contribution is 2.57. The molecule has 7 rings (SSSR count). The van der Waals surface area contributed by atoms with Crippen LogP contribution in [0.15, 0.2) is 43.1 Å². The van der Waals surface area contributed by atoms with Gasteiger partial charge in [0.1, 0.15) is 55.1 Å². The van der Waals surface area contributed by atoms with E-state index in [0.717, 1.165) is 0 Å². The third-order valence-corrected chi connectivity index (χ3v) is 12.6. The Bertz CT molecular complexity index is 1890. The molecule has 1 amide bonds. The summed E-state index contributed by atoms with van der Waals surface area (Å²) in [5.74, 6) is -3.80. The molecule has 4 aliphatic rings. The average Bonchev–Trinajstić information content (AvgIpc) is 3.80. The second-order valence-corrected chi connectivity index (χ2v) is 17.5. The number of nitrogens with two attached hydrogens (primary N) is 2. The van der Waals surface area contributed by atoms with Crippen molar-refractivity contribution in [3.8, 4) is 0 Å². The lowest BCUT2D eigenvalue weighted by Gasteiger charge is -2.28. The molecule has 3 aromatic heterocycles. The summed E-state index contributed by atoms with van der Waals surface area (Å²) in [5, 5.41) is 0. The molecule has 3 aromatic rings. The van der Waals surface area contributed by atoms with Crippen LogP contribution in [0.5, 0.6) is 0 Å². The summed E-state index contributed by atoms with van der Waals surface area (Å²) >= 11 is 0. The highest BCUT2D eigenvalue weighted by atomic mass is 31.2. The summed E-state index contributed by atoms with van der Waals surface area (Å²) in [6.45, 7) is 5.76. The van der Waals surface area contributed by atoms with Gasteiger partial charge in [-0.1, -0.05) is 0 Å². The number of carbonyl (C=O) groups is 1. The van der Waals surface area contributed by atoms with E-state index < -0.39 is 101 Å². The second-order valence-electron chi connectivity index (χ2n) is 13.4. The number of ether oxygens (including phenoxy) is 6. The summed E-state index contributed by atoms with van der Waals surface area (Å²) in [5.41, 5.74) is 12.7. The molecule has 0 radical (unpaired) electrons. The Hall–Kier alpha value is -2.90. The largest absolute Gasteiger partial charge is 0.778 e. The topological polar surface area (TPSA) is 255 Å². The van der Waals surface area contributed by atoms with E-state index in [1.807, 2.05) is 0 Å². The van der Waals surface area contributed by atoms with E-state index in [0.29, 0.717) is 11.0 Å². The number of anilines is 1. The third-order valence-electron chi connectivity index (χ3n) is 8.67. The number of nitrogens with zero attached hydrogens (tertiary/aromatic N) is 4. The van der Waals surface area contributed by atoms with Gasteiger partial charge >= 0.3 is 7.60 Å². The Morgan fingerprint density at radius 2 is 1.64 bits per heavy atom. The van der Waals surface area contributed by atoms with Crippen molar-refractivity contribution in [1.82, 2.24) is 14.5 Å². The summed E-state index contributed by atoms with van der Waals surface area (Å²) in [6.07, 6.45) is -0.213. The molecule has 0 bridgehead atoms. The number of amides is 1. The Balaban J connectivity index is 0.998. The summed E-state index contributed by atoms with van der Waals surface area (Å²) in [6, 6.07) is 4.84. The second kappa shape index (κ2) is 12.6. The Labute approximate surface area is 285 Å². The molecule has 0 aliphatic carbocycles. The predicted molar refractivity (Wildman–Crippen MR) is 167 cm³/mol. The zero-order valence-corrected chi connectivity index (χ0v) is 29.3. The number of rotatable bonds is 11. The molecule has 21 heteroatoms. The Morgan fingerprint density at radius 3 is 2.36 bits per heavy atom. The maximum Gasteiger partial charge on any atom is 0.336 e. The Morgan fingerprint density at radius 1 is 1.00 bits per heavy atom. The van der Waals surface area contributed by atoms with Gasteiger partial charge in [-0.25, -0.2) is 9.97 Å². The minimum absolute atomic E-state index is 0.219. The van der Waals surface area contributed by atoms with Crippen molar-refractivity contribution in [2.24, 2.45) is 5.73 Å². The fourth-order valence-corrected chi connectivity index (χ4v) is 9.87. The van der Waals surface area contributed by atoms with Crippen LogP contribution in [-0.4, -0.2) is 92.7 Å². The molecule has 0 saturated carbocycles. The van der Waals surface area contributed by atoms with Crippen LogP contribution in [0.1, 0.15) is 50.5 Å². The lowest BCUT2D eigenvalue weighted by Crippen LogP contribution is -2.46. The predicted octanol–water partition coefficient (Wildman–Crippen LogP) is 0.665. The number of imidazole rings is 1. The monoisotopic (exact) mass is 740 g/mol. The van der Waals surface area contributed by atoms with E-state index >= 15 is 0 Å². The maximum absolute atomic E-state index is 13.1. The molecular weight excluding hydrogens is 702 g/mol. The van der Waals surface area contributed by atoms with Crippen molar-refractivity contribution >= 4 is 37.9 Å². The summed E-state index contributed by atoms with van der Waals surface area (Å²) in [7, 11) is -9.80. The highest BCUT2D eigenvalue weighted by molar-refractivity contribution is 7.69. The number of fused-ring (bicyclic) bond motifs is 3. The first-order chi connectivity index (χ1) is 23.4. The van der Waals surface area contributed by atoms with Gasteiger partial charge in [0.05, 0.1) is 25.1 Å². The molecule has 7 heterocycles. The minimum Gasteiger partial charge on any atom is -0.778 e. The number of nitrogen functional groups attached to an aromatic ring is 1. The first-order valence-electron chi connectivity index (χ1n) is 15.7. The zero-order valence-electron chi connectivity index (χ0n) is 27.5. The van der Waals surface area contributed by atoms with Gasteiger partial charge in [0.15, 0.2) is 42.1 Å². The first-order valence-corrected chi connectivity index (χ1v) is 19.2. The van der Waals surface area contributed by atoms with Gasteiger partial charge < -0.3 is 67.9 Å². The van der Waals surface area contributed by atoms with Gasteiger partial charge in [-0.2, -0.15) is 4.57 Å². The summed E-state index contributed by atoms with van der Waals surface area (Å²) in [4.78, 5) is 43.8. The quantitative estimate of drug-likeness (QED) is 0.180. The third kappa shape index (κ3) is 6.98. The molecule has 4 saturated heterocycles. The van der Waals surface area contributed by atoms with Crippen molar-refractivity contribution in [2.75, 3.05) is 24.9 Å². The van der Waals surface area contributed by atoms with Crippen LogP contribution in [0, 0.1) is 0 Å². The fourth-order valence-electron chi connectivity index (χ4n) is 6.71. The number of pyridine rings is 2. The van der Waals surface area contributed by atoms with Crippen LogP contribution in [-0.2, 0) is 46.6 Å². The molecule has 10 atom stereocenters. The fraction of sp³-hybridized carbons (Fsp3) is 0.586. The van der Waals surface area contributed by atoms with Crippen molar-refractivity contribution in [3.05, 3.63) is 48.7 Å². The highest BCUT2D eigenvalue weighted by Gasteiger charge is 2.60. The van der Waals surface area contributed by atoms with Crippen LogP contribution in [0.2, 0.25) is 0 Å². The number of primary amides is 1. The molecule has 2 unspecified atom stereocenters. The smallest absolute Gasteiger partial charge is 0.336 e. The molecule has 19 nitrogen and oxygen atoms in total. The molecule has 50 heavy (non-hydrogen) atoms. The van der Waals surface area contributed by atoms with E-state index in [1.54, 1.807) is 55.2 Å². The van der Waals surface area contributed by atoms with Crippen molar-refractivity contribution in [3.63, 3.8) is 0 Å². The number of carbonyl (C=O) groups excluding carboxylic acids is 1. The van der Waals surface area contributed by atoms with E-state index in [1.165, 1.54) is 24.8 Å². The minimum atomic E-state index is -4.99. The van der Waals surface area contributed by atoms with Crippen LogP contribution in [0.3, 0.4) is 0 Å². The summed E-state index contributed by atoms with van der Waals surface area (Å²) < 4.78 is 76.3. The Kier molecular flexibility index (Phi) is 8.98. The van der Waals surface area contributed by atoms with Gasteiger partial charge in [0, 0.05) is 12.3 Å². The lowest BCUT2D eigenvalue weighted by atomic mass is 10.1. The number of hydrogen-bond donors (Lipinski definition) is 3. The van der Waals surface area contributed by atoms with E-state index in [9.17, 15) is 23.7 Å². The molecule has 4 fully saturated rings. The van der Waals surface area contributed by atoms with Gasteiger partial charge in [0.25, 0.3) is 12.1 Å². The average molecular weight is 741 g/mol.